The molecule has 0 radical (unpaired) electrons. The van der Waals surface area contributed by atoms with Crippen molar-refractivity contribution in [1.29, 1.82) is 0 Å². The van der Waals surface area contributed by atoms with E-state index in [-0.39, 0.29) is 22.8 Å². The first-order valence-corrected chi connectivity index (χ1v) is 7.21. The Labute approximate surface area is 137 Å². The maximum atomic E-state index is 12.2. The molecule has 0 aliphatic heterocycles. The number of carbonyl (C=O) groups is 2. The highest BCUT2D eigenvalue weighted by Crippen LogP contribution is 2.31. The van der Waals surface area contributed by atoms with Crippen molar-refractivity contribution in [2.45, 2.75) is 3.79 Å². The van der Waals surface area contributed by atoms with Gasteiger partial charge in [0.25, 0.3) is 3.79 Å². The van der Waals surface area contributed by atoms with Crippen LogP contribution in [0.25, 0.3) is 0 Å². The van der Waals surface area contributed by atoms with Gasteiger partial charge in [0, 0.05) is 18.8 Å². The number of Topliss-reactive ketones (excluding diaryl/α,β-unsaturated/α-hetero) is 1. The molecule has 4 nitrogen and oxygen atoms in total. The van der Waals surface area contributed by atoms with Crippen LogP contribution in [0.1, 0.15) is 26.6 Å². The third-order valence-electron chi connectivity index (χ3n) is 2.55. The van der Waals surface area contributed by atoms with Crippen LogP contribution in [0.4, 0.5) is 0 Å². The number of furan rings is 1. The Morgan fingerprint density at radius 1 is 1.30 bits per heavy atom. The van der Waals surface area contributed by atoms with Crippen LogP contribution in [-0.4, -0.2) is 19.9 Å². The number of carbonyl (C=O) groups excluding carboxylic acids is 2. The average molecular weight is 399 g/mol. The highest BCUT2D eigenvalue weighted by Gasteiger charge is 2.34. The molecule has 8 heteroatoms. The molecule has 20 heavy (non-hydrogen) atoms. The quantitative estimate of drug-likeness (QED) is 0.575. The Morgan fingerprint density at radius 2 is 1.95 bits per heavy atom. The predicted octanol–water partition coefficient (Wildman–Crippen LogP) is 4.16. The molecule has 0 atom stereocenters. The zero-order valence-electron chi connectivity index (χ0n) is 9.99. The summed E-state index contributed by atoms with van der Waals surface area (Å²) < 4.78 is 4.97. The van der Waals surface area contributed by atoms with Gasteiger partial charge in [0.2, 0.25) is 11.6 Å². The van der Waals surface area contributed by atoms with Gasteiger partial charge in [-0.05, 0) is 34.1 Å². The number of ketones is 2. The van der Waals surface area contributed by atoms with Crippen molar-refractivity contribution < 1.29 is 14.0 Å². The summed E-state index contributed by atoms with van der Waals surface area (Å²) in [5.41, 5.74) is 0.394. The summed E-state index contributed by atoms with van der Waals surface area (Å²) in [6.07, 6.45) is 1.47. The smallest absolute Gasteiger partial charge is 0.255 e. The summed E-state index contributed by atoms with van der Waals surface area (Å²) in [5.74, 6) is -0.922. The minimum atomic E-state index is -2.07. The standard InChI is InChI=1S/C12H7BrCl3NO3/c1-17-5-6(4-7(17)11(19)12(14,15)16)10(18)8-2-3-9(13)20-8/h2-5H,1H3. The van der Waals surface area contributed by atoms with Gasteiger partial charge in [0.05, 0.1) is 5.69 Å². The molecule has 2 aromatic rings. The van der Waals surface area contributed by atoms with Crippen molar-refractivity contribution >= 4 is 62.3 Å². The first-order valence-electron chi connectivity index (χ1n) is 5.28. The molecule has 0 saturated carbocycles. The van der Waals surface area contributed by atoms with E-state index in [4.69, 9.17) is 39.2 Å². The minimum Gasteiger partial charge on any atom is -0.446 e. The molecular weight excluding hydrogens is 392 g/mol. The molecule has 0 fully saturated rings. The van der Waals surface area contributed by atoms with E-state index in [0.717, 1.165) is 0 Å². The van der Waals surface area contributed by atoms with Crippen LogP contribution < -0.4 is 0 Å². The van der Waals surface area contributed by atoms with E-state index in [2.05, 4.69) is 15.9 Å². The topological polar surface area (TPSA) is 52.2 Å². The number of nitrogens with zero attached hydrogens (tertiary/aromatic N) is 1. The summed E-state index contributed by atoms with van der Waals surface area (Å²) in [4.78, 5) is 24.1. The maximum Gasteiger partial charge on any atom is 0.255 e. The first-order chi connectivity index (χ1) is 9.20. The zero-order valence-corrected chi connectivity index (χ0v) is 13.8. The Bertz CT molecular complexity index is 684. The fraction of sp³-hybridized carbons (Fsp3) is 0.167. The summed E-state index contributed by atoms with van der Waals surface area (Å²) in [6.45, 7) is 0. The average Bonchev–Trinajstić information content (AvgIpc) is 2.92. The predicted molar refractivity (Wildman–Crippen MR) is 79.9 cm³/mol. The van der Waals surface area contributed by atoms with E-state index in [0.29, 0.717) is 4.67 Å². The van der Waals surface area contributed by atoms with Crippen LogP contribution in [-0.2, 0) is 7.05 Å². The van der Waals surface area contributed by atoms with Crippen LogP contribution >= 0.6 is 50.7 Å². The van der Waals surface area contributed by atoms with Crippen molar-refractivity contribution in [1.82, 2.24) is 4.57 Å². The Balaban J connectivity index is 2.37. The van der Waals surface area contributed by atoms with E-state index in [9.17, 15) is 9.59 Å². The fourth-order valence-electron chi connectivity index (χ4n) is 1.64. The Kier molecular flexibility index (Phi) is 4.35. The lowest BCUT2D eigenvalue weighted by molar-refractivity contribution is 0.0988. The van der Waals surface area contributed by atoms with Crippen molar-refractivity contribution in [3.63, 3.8) is 0 Å². The van der Waals surface area contributed by atoms with E-state index < -0.39 is 9.58 Å². The van der Waals surface area contributed by atoms with Gasteiger partial charge in [-0.15, -0.1) is 0 Å². The number of hydrogen-bond acceptors (Lipinski definition) is 3. The van der Waals surface area contributed by atoms with Crippen LogP contribution in [0.15, 0.2) is 33.5 Å². The summed E-state index contributed by atoms with van der Waals surface area (Å²) in [7, 11) is 1.58. The van der Waals surface area contributed by atoms with Gasteiger partial charge in [0.15, 0.2) is 10.4 Å². The second kappa shape index (κ2) is 5.56. The Hall–Kier alpha value is -0.750. The van der Waals surface area contributed by atoms with Gasteiger partial charge in [-0.2, -0.15) is 0 Å². The van der Waals surface area contributed by atoms with Crippen LogP contribution in [0, 0.1) is 0 Å². The van der Waals surface area contributed by atoms with E-state index in [1.165, 1.54) is 22.9 Å². The lowest BCUT2D eigenvalue weighted by Gasteiger charge is -2.09. The van der Waals surface area contributed by atoms with Crippen molar-refractivity contribution in [2.24, 2.45) is 7.05 Å². The van der Waals surface area contributed by atoms with Gasteiger partial charge in [-0.1, -0.05) is 34.8 Å². The maximum absolute atomic E-state index is 12.2. The molecule has 0 N–H and O–H groups in total. The van der Waals surface area contributed by atoms with E-state index in [1.54, 1.807) is 13.1 Å². The van der Waals surface area contributed by atoms with E-state index in [1.807, 2.05) is 0 Å². The van der Waals surface area contributed by atoms with Crippen molar-refractivity contribution in [3.05, 3.63) is 46.1 Å². The third-order valence-corrected chi connectivity index (χ3v) is 3.50. The normalized spacial score (nSPS) is 11.7. The molecule has 0 unspecified atom stereocenters. The summed E-state index contributed by atoms with van der Waals surface area (Å²) in [6, 6.07) is 4.49. The first kappa shape index (κ1) is 15.6. The largest absolute Gasteiger partial charge is 0.446 e. The number of aryl methyl sites for hydroxylation is 1. The molecule has 2 aromatic heterocycles. The number of alkyl halides is 3. The van der Waals surface area contributed by atoms with Crippen LogP contribution in [0.3, 0.4) is 0 Å². The lowest BCUT2D eigenvalue weighted by Crippen LogP contribution is -2.21. The van der Waals surface area contributed by atoms with Gasteiger partial charge < -0.3 is 8.98 Å². The fourth-order valence-corrected chi connectivity index (χ4v) is 2.24. The summed E-state index contributed by atoms with van der Waals surface area (Å²) in [5, 5.41) is 0. The molecule has 0 spiro atoms. The van der Waals surface area contributed by atoms with Gasteiger partial charge in [-0.25, -0.2) is 0 Å². The minimum absolute atomic E-state index is 0.124. The van der Waals surface area contributed by atoms with E-state index >= 15 is 0 Å². The molecule has 0 bridgehead atoms. The highest BCUT2D eigenvalue weighted by molar-refractivity contribution is 9.10. The number of aromatic nitrogens is 1. The van der Waals surface area contributed by atoms with Crippen molar-refractivity contribution in [2.75, 3.05) is 0 Å². The molecule has 0 saturated heterocycles. The van der Waals surface area contributed by atoms with Crippen LogP contribution in [0.2, 0.25) is 0 Å². The molecule has 0 aliphatic rings. The second-order valence-corrected chi connectivity index (χ2v) is 7.05. The monoisotopic (exact) mass is 397 g/mol. The second-order valence-electron chi connectivity index (χ2n) is 3.98. The number of halogens is 4. The molecule has 2 rings (SSSR count). The third kappa shape index (κ3) is 3.11. The molecule has 0 aliphatic carbocycles. The molecule has 0 amide bonds. The summed E-state index contributed by atoms with van der Waals surface area (Å²) >= 11 is 19.8. The molecular formula is C12H7BrCl3NO3. The van der Waals surface area contributed by atoms with Gasteiger partial charge in [0.1, 0.15) is 0 Å². The molecule has 106 valence electrons. The van der Waals surface area contributed by atoms with Crippen molar-refractivity contribution in [3.8, 4) is 0 Å². The lowest BCUT2D eigenvalue weighted by atomic mass is 10.1. The number of rotatable bonds is 3. The zero-order chi connectivity index (χ0) is 15.1. The van der Waals surface area contributed by atoms with Gasteiger partial charge in [-0.3, -0.25) is 9.59 Å². The molecule has 2 heterocycles. The SMILES string of the molecule is Cn1cc(C(=O)c2ccc(Br)o2)cc1C(=O)C(Cl)(Cl)Cl. The Morgan fingerprint density at radius 3 is 2.45 bits per heavy atom. The van der Waals surface area contributed by atoms with Crippen LogP contribution in [0.5, 0.6) is 0 Å². The number of hydrogen-bond donors (Lipinski definition) is 0. The highest BCUT2D eigenvalue weighted by atomic mass is 79.9. The molecule has 0 aromatic carbocycles. The van der Waals surface area contributed by atoms with Gasteiger partial charge >= 0.3 is 0 Å².